The Kier molecular flexibility index (Phi) is 7.55. The predicted octanol–water partition coefficient (Wildman–Crippen LogP) is 2.74. The Bertz CT molecular complexity index is 571. The van der Waals surface area contributed by atoms with Gasteiger partial charge >= 0.3 is 0 Å². The summed E-state index contributed by atoms with van der Waals surface area (Å²) in [4.78, 5) is 8.94. The summed E-state index contributed by atoms with van der Waals surface area (Å²) in [7, 11) is 0. The molecule has 0 bridgehead atoms. The van der Waals surface area contributed by atoms with Crippen molar-refractivity contribution in [3.8, 4) is 5.88 Å². The van der Waals surface area contributed by atoms with Crippen LogP contribution in [-0.2, 0) is 11.3 Å². The Morgan fingerprint density at radius 1 is 1.19 bits per heavy atom. The summed E-state index contributed by atoms with van der Waals surface area (Å²) >= 11 is 0. The molecule has 144 valence electrons. The number of rotatable bonds is 12. The van der Waals surface area contributed by atoms with Gasteiger partial charge in [0.25, 0.3) is 0 Å². The van der Waals surface area contributed by atoms with Crippen LogP contribution >= 0.6 is 0 Å². The second kappa shape index (κ2) is 10.4. The van der Waals surface area contributed by atoms with Crippen molar-refractivity contribution in [1.82, 2.24) is 15.6 Å². The molecule has 6 nitrogen and oxygen atoms in total. The lowest BCUT2D eigenvalue weighted by atomic mass is 10.3. The highest BCUT2D eigenvalue weighted by atomic mass is 16.5. The lowest BCUT2D eigenvalue weighted by Gasteiger charge is -2.11. The summed E-state index contributed by atoms with van der Waals surface area (Å²) in [5, 5.41) is 6.66. The van der Waals surface area contributed by atoms with Crippen molar-refractivity contribution in [3.05, 3.63) is 23.9 Å². The van der Waals surface area contributed by atoms with Crippen molar-refractivity contribution in [2.75, 3.05) is 32.9 Å². The van der Waals surface area contributed by atoms with Crippen LogP contribution in [0.4, 0.5) is 0 Å². The third-order valence-electron chi connectivity index (χ3n) is 4.54. The molecule has 0 saturated heterocycles. The molecule has 2 aliphatic carbocycles. The van der Waals surface area contributed by atoms with Crippen LogP contribution in [-0.4, -0.2) is 43.9 Å². The smallest absolute Gasteiger partial charge is 0.213 e. The van der Waals surface area contributed by atoms with E-state index in [0.717, 1.165) is 62.7 Å². The van der Waals surface area contributed by atoms with E-state index in [4.69, 9.17) is 9.47 Å². The van der Waals surface area contributed by atoms with Gasteiger partial charge in [-0.3, -0.25) is 0 Å². The molecule has 0 unspecified atom stereocenters. The van der Waals surface area contributed by atoms with E-state index in [9.17, 15) is 0 Å². The van der Waals surface area contributed by atoms with Crippen molar-refractivity contribution in [2.45, 2.75) is 45.6 Å². The molecular formula is C20H32N4O2. The van der Waals surface area contributed by atoms with E-state index in [0.29, 0.717) is 12.4 Å². The molecule has 1 heterocycles. The number of ether oxygens (including phenoxy) is 2. The van der Waals surface area contributed by atoms with Crippen molar-refractivity contribution < 1.29 is 9.47 Å². The standard InChI is InChI=1S/C20H32N4O2/c1-2-21-20(23-9-3-11-25-14-16-4-5-16)24-13-18-8-10-22-19(12-18)26-15-17-6-7-17/h8,10,12,16-17H,2-7,9,11,13-15H2,1H3,(H2,21,23,24). The van der Waals surface area contributed by atoms with Gasteiger partial charge < -0.3 is 20.1 Å². The summed E-state index contributed by atoms with van der Waals surface area (Å²) < 4.78 is 11.4. The molecule has 2 N–H and O–H groups in total. The number of hydrogen-bond donors (Lipinski definition) is 2. The number of nitrogens with one attached hydrogen (secondary N) is 2. The molecule has 0 radical (unpaired) electrons. The van der Waals surface area contributed by atoms with Crippen LogP contribution in [0.25, 0.3) is 0 Å². The molecule has 2 fully saturated rings. The minimum absolute atomic E-state index is 0.607. The molecular weight excluding hydrogens is 328 g/mol. The molecule has 1 aromatic heterocycles. The molecule has 0 amide bonds. The predicted molar refractivity (Wildman–Crippen MR) is 103 cm³/mol. The fourth-order valence-corrected chi connectivity index (χ4v) is 2.54. The van der Waals surface area contributed by atoms with Gasteiger partial charge in [0.1, 0.15) is 0 Å². The number of hydrogen-bond acceptors (Lipinski definition) is 4. The molecule has 2 saturated carbocycles. The second-order valence-electron chi connectivity index (χ2n) is 7.25. The van der Waals surface area contributed by atoms with Crippen LogP contribution in [0.15, 0.2) is 23.3 Å². The Morgan fingerprint density at radius 2 is 2.00 bits per heavy atom. The normalized spacial score (nSPS) is 17.2. The van der Waals surface area contributed by atoms with Crippen LogP contribution in [0.3, 0.4) is 0 Å². The van der Waals surface area contributed by atoms with E-state index in [-0.39, 0.29) is 0 Å². The first-order valence-electron chi connectivity index (χ1n) is 10.0. The fraction of sp³-hybridized carbons (Fsp3) is 0.700. The zero-order valence-electron chi connectivity index (χ0n) is 15.9. The van der Waals surface area contributed by atoms with E-state index in [1.54, 1.807) is 6.20 Å². The van der Waals surface area contributed by atoms with Gasteiger partial charge in [0.15, 0.2) is 5.96 Å². The highest BCUT2D eigenvalue weighted by molar-refractivity contribution is 5.79. The summed E-state index contributed by atoms with van der Waals surface area (Å²) in [5.74, 6) is 3.11. The lowest BCUT2D eigenvalue weighted by molar-refractivity contribution is 0.123. The first-order chi connectivity index (χ1) is 12.8. The van der Waals surface area contributed by atoms with Gasteiger partial charge in [-0.15, -0.1) is 0 Å². The molecule has 1 aromatic rings. The van der Waals surface area contributed by atoms with Crippen molar-refractivity contribution in [2.24, 2.45) is 16.8 Å². The van der Waals surface area contributed by atoms with E-state index < -0.39 is 0 Å². The van der Waals surface area contributed by atoms with Crippen LogP contribution in [0.1, 0.15) is 44.6 Å². The Balaban J connectivity index is 1.38. The zero-order valence-corrected chi connectivity index (χ0v) is 15.9. The molecule has 0 spiro atoms. The van der Waals surface area contributed by atoms with Gasteiger partial charge in [0.05, 0.1) is 13.2 Å². The number of nitrogens with zero attached hydrogens (tertiary/aromatic N) is 2. The maximum atomic E-state index is 5.74. The van der Waals surface area contributed by atoms with Crippen LogP contribution < -0.4 is 15.4 Å². The van der Waals surface area contributed by atoms with E-state index in [1.165, 1.54) is 25.7 Å². The Morgan fingerprint density at radius 3 is 2.77 bits per heavy atom. The number of pyridine rings is 1. The zero-order chi connectivity index (χ0) is 18.0. The lowest BCUT2D eigenvalue weighted by Crippen LogP contribution is -2.38. The Labute approximate surface area is 156 Å². The number of aromatic nitrogens is 1. The van der Waals surface area contributed by atoms with Crippen LogP contribution in [0.5, 0.6) is 5.88 Å². The summed E-state index contributed by atoms with van der Waals surface area (Å²) in [6, 6.07) is 3.98. The number of aliphatic imine (C=N–C) groups is 1. The average Bonchev–Trinajstić information content (AvgIpc) is 3.55. The largest absolute Gasteiger partial charge is 0.477 e. The molecule has 0 aliphatic heterocycles. The highest BCUT2D eigenvalue weighted by Gasteiger charge is 2.22. The average molecular weight is 361 g/mol. The van der Waals surface area contributed by atoms with E-state index in [2.05, 4.69) is 27.5 Å². The summed E-state index contributed by atoms with van der Waals surface area (Å²) in [6.07, 6.45) is 8.05. The number of guanidine groups is 1. The van der Waals surface area contributed by atoms with Crippen molar-refractivity contribution in [1.29, 1.82) is 0 Å². The molecule has 3 rings (SSSR count). The molecule has 2 aliphatic rings. The monoisotopic (exact) mass is 360 g/mol. The second-order valence-corrected chi connectivity index (χ2v) is 7.25. The summed E-state index contributed by atoms with van der Waals surface area (Å²) in [5.41, 5.74) is 1.11. The van der Waals surface area contributed by atoms with Crippen molar-refractivity contribution in [3.63, 3.8) is 0 Å². The topological polar surface area (TPSA) is 67.8 Å². The van der Waals surface area contributed by atoms with Crippen LogP contribution in [0.2, 0.25) is 0 Å². The highest BCUT2D eigenvalue weighted by Crippen LogP contribution is 2.29. The van der Waals surface area contributed by atoms with Gasteiger partial charge in [-0.2, -0.15) is 0 Å². The minimum Gasteiger partial charge on any atom is -0.477 e. The van der Waals surface area contributed by atoms with Gasteiger partial charge in [-0.05, 0) is 62.5 Å². The SMILES string of the molecule is CCNC(=NCc1ccnc(OCC2CC2)c1)NCCCOCC1CC1. The van der Waals surface area contributed by atoms with Crippen LogP contribution in [0, 0.1) is 11.8 Å². The van der Waals surface area contributed by atoms with E-state index in [1.807, 2.05) is 12.1 Å². The maximum Gasteiger partial charge on any atom is 0.213 e. The molecule has 0 aromatic carbocycles. The van der Waals surface area contributed by atoms with Crippen molar-refractivity contribution >= 4 is 5.96 Å². The third-order valence-corrected chi connectivity index (χ3v) is 4.54. The Hall–Kier alpha value is -1.82. The third kappa shape index (κ3) is 7.60. The summed E-state index contributed by atoms with van der Waals surface area (Å²) in [6.45, 7) is 6.92. The quantitative estimate of drug-likeness (QED) is 0.341. The molecule has 26 heavy (non-hydrogen) atoms. The molecule has 6 heteroatoms. The molecule has 0 atom stereocenters. The maximum absolute atomic E-state index is 5.74. The van der Waals surface area contributed by atoms with E-state index >= 15 is 0 Å². The first kappa shape index (κ1) is 19.0. The first-order valence-corrected chi connectivity index (χ1v) is 10.0. The van der Waals surface area contributed by atoms with Gasteiger partial charge in [-0.1, -0.05) is 0 Å². The van der Waals surface area contributed by atoms with Gasteiger partial charge in [-0.25, -0.2) is 9.98 Å². The van der Waals surface area contributed by atoms with Gasteiger partial charge in [0.2, 0.25) is 5.88 Å². The fourth-order valence-electron chi connectivity index (χ4n) is 2.54. The van der Waals surface area contributed by atoms with Gasteiger partial charge in [0, 0.05) is 38.6 Å². The minimum atomic E-state index is 0.607.